The Morgan fingerprint density at radius 1 is 1.32 bits per heavy atom. The summed E-state index contributed by atoms with van der Waals surface area (Å²) in [7, 11) is 0. The molecular formula is C17H22N2. The maximum Gasteiger partial charge on any atom is 0.0483 e. The van der Waals surface area contributed by atoms with Gasteiger partial charge in [-0.05, 0) is 43.9 Å². The van der Waals surface area contributed by atoms with E-state index in [4.69, 9.17) is 0 Å². The van der Waals surface area contributed by atoms with Crippen molar-refractivity contribution < 1.29 is 0 Å². The number of para-hydroxylation sites is 1. The molecule has 0 amide bonds. The van der Waals surface area contributed by atoms with E-state index in [9.17, 15) is 0 Å². The van der Waals surface area contributed by atoms with Crippen molar-refractivity contribution in [2.75, 3.05) is 6.54 Å². The van der Waals surface area contributed by atoms with Crippen LogP contribution >= 0.6 is 0 Å². The molecule has 0 aliphatic heterocycles. The van der Waals surface area contributed by atoms with E-state index >= 15 is 0 Å². The highest BCUT2D eigenvalue weighted by Crippen LogP contribution is 2.23. The average molecular weight is 254 g/mol. The Bertz CT molecular complexity index is 564. The van der Waals surface area contributed by atoms with E-state index in [1.807, 2.05) is 6.08 Å². The summed E-state index contributed by atoms with van der Waals surface area (Å²) in [5, 5.41) is 5.00. The number of hydrogen-bond donors (Lipinski definition) is 1. The molecule has 0 unspecified atom stereocenters. The van der Waals surface area contributed by atoms with Crippen LogP contribution in [0.5, 0.6) is 0 Å². The van der Waals surface area contributed by atoms with Gasteiger partial charge in [-0.1, -0.05) is 24.3 Å². The second-order valence-corrected chi connectivity index (χ2v) is 5.42. The molecule has 0 saturated heterocycles. The Hall–Kier alpha value is -1.54. The number of aryl methyl sites for hydroxylation is 1. The third kappa shape index (κ3) is 2.90. The summed E-state index contributed by atoms with van der Waals surface area (Å²) in [6.07, 6.45) is 9.19. The molecule has 1 aliphatic rings. The van der Waals surface area contributed by atoms with Crippen LogP contribution in [-0.2, 0) is 13.0 Å². The molecule has 100 valence electrons. The van der Waals surface area contributed by atoms with Crippen molar-refractivity contribution in [1.82, 2.24) is 9.88 Å². The second kappa shape index (κ2) is 5.62. The van der Waals surface area contributed by atoms with E-state index < -0.39 is 0 Å². The van der Waals surface area contributed by atoms with Crippen molar-refractivity contribution in [3.63, 3.8) is 0 Å². The molecule has 2 nitrogen and oxygen atoms in total. The Kier molecular flexibility index (Phi) is 3.69. The first kappa shape index (κ1) is 12.5. The quantitative estimate of drug-likeness (QED) is 0.748. The first-order valence-electron chi connectivity index (χ1n) is 7.29. The minimum Gasteiger partial charge on any atom is -0.347 e. The fourth-order valence-corrected chi connectivity index (χ4v) is 2.64. The van der Waals surface area contributed by atoms with Crippen LogP contribution in [0.2, 0.25) is 0 Å². The summed E-state index contributed by atoms with van der Waals surface area (Å²) in [5.74, 6) is 0. The van der Waals surface area contributed by atoms with Crippen molar-refractivity contribution in [3.05, 3.63) is 48.7 Å². The van der Waals surface area contributed by atoms with Gasteiger partial charge in [0.2, 0.25) is 0 Å². The molecule has 0 spiro atoms. The number of benzene rings is 1. The first-order valence-corrected chi connectivity index (χ1v) is 7.29. The fraction of sp³-hybridized carbons (Fsp3) is 0.412. The predicted molar refractivity (Wildman–Crippen MR) is 81.5 cm³/mol. The summed E-state index contributed by atoms with van der Waals surface area (Å²) in [6.45, 7) is 5.94. The van der Waals surface area contributed by atoms with Crippen LogP contribution in [0.15, 0.2) is 43.1 Å². The first-order chi connectivity index (χ1) is 9.38. The standard InChI is InChI=1S/C17H22N2/c1-2-3-12-19-13-14(10-11-18-15-8-9-15)16-6-4-5-7-17(16)19/h2,4-7,13,15,18H,1,3,8-12H2. The highest BCUT2D eigenvalue weighted by molar-refractivity contribution is 5.84. The van der Waals surface area contributed by atoms with Gasteiger partial charge in [-0.3, -0.25) is 0 Å². The Labute approximate surface area is 115 Å². The third-order valence-corrected chi connectivity index (χ3v) is 3.85. The van der Waals surface area contributed by atoms with Gasteiger partial charge in [0.25, 0.3) is 0 Å². The van der Waals surface area contributed by atoms with Crippen LogP contribution in [0.3, 0.4) is 0 Å². The summed E-state index contributed by atoms with van der Waals surface area (Å²) in [6, 6.07) is 9.52. The summed E-state index contributed by atoms with van der Waals surface area (Å²) in [4.78, 5) is 0. The van der Waals surface area contributed by atoms with Gasteiger partial charge in [0.15, 0.2) is 0 Å². The number of allylic oxidation sites excluding steroid dienone is 1. The van der Waals surface area contributed by atoms with E-state index in [1.54, 1.807) is 0 Å². The molecule has 0 atom stereocenters. The van der Waals surface area contributed by atoms with Crippen LogP contribution in [0.4, 0.5) is 0 Å². The summed E-state index contributed by atoms with van der Waals surface area (Å²) >= 11 is 0. The highest BCUT2D eigenvalue weighted by atomic mass is 15.0. The number of rotatable bonds is 7. The fourth-order valence-electron chi connectivity index (χ4n) is 2.64. The van der Waals surface area contributed by atoms with Crippen LogP contribution < -0.4 is 5.32 Å². The van der Waals surface area contributed by atoms with Crippen molar-refractivity contribution in [1.29, 1.82) is 0 Å². The van der Waals surface area contributed by atoms with Crippen LogP contribution in [0, 0.1) is 0 Å². The van der Waals surface area contributed by atoms with Crippen LogP contribution in [0.1, 0.15) is 24.8 Å². The number of nitrogens with one attached hydrogen (secondary N) is 1. The zero-order chi connectivity index (χ0) is 13.1. The molecular weight excluding hydrogens is 232 g/mol. The van der Waals surface area contributed by atoms with E-state index in [0.29, 0.717) is 0 Å². The van der Waals surface area contributed by atoms with E-state index in [1.165, 1.54) is 29.3 Å². The van der Waals surface area contributed by atoms with Crippen molar-refractivity contribution in [3.8, 4) is 0 Å². The van der Waals surface area contributed by atoms with Gasteiger partial charge in [0.05, 0.1) is 0 Å². The lowest BCUT2D eigenvalue weighted by Gasteiger charge is -2.01. The maximum atomic E-state index is 3.82. The molecule has 0 radical (unpaired) electrons. The van der Waals surface area contributed by atoms with Crippen LogP contribution in [-0.4, -0.2) is 17.2 Å². The topological polar surface area (TPSA) is 17.0 Å². The molecule has 1 heterocycles. The monoisotopic (exact) mass is 254 g/mol. The molecule has 1 N–H and O–H groups in total. The van der Waals surface area contributed by atoms with Crippen molar-refractivity contribution >= 4 is 10.9 Å². The van der Waals surface area contributed by atoms with Gasteiger partial charge in [0, 0.05) is 29.7 Å². The second-order valence-electron chi connectivity index (χ2n) is 5.42. The van der Waals surface area contributed by atoms with Gasteiger partial charge in [0.1, 0.15) is 0 Å². The van der Waals surface area contributed by atoms with Crippen molar-refractivity contribution in [2.24, 2.45) is 0 Å². The molecule has 1 saturated carbocycles. The molecule has 1 fully saturated rings. The molecule has 3 rings (SSSR count). The molecule has 1 aliphatic carbocycles. The smallest absolute Gasteiger partial charge is 0.0483 e. The highest BCUT2D eigenvalue weighted by Gasteiger charge is 2.19. The lowest BCUT2D eigenvalue weighted by molar-refractivity contribution is 0.679. The lowest BCUT2D eigenvalue weighted by Crippen LogP contribution is -2.19. The molecule has 1 aromatic carbocycles. The van der Waals surface area contributed by atoms with Gasteiger partial charge >= 0.3 is 0 Å². The van der Waals surface area contributed by atoms with Crippen molar-refractivity contribution in [2.45, 2.75) is 38.3 Å². The van der Waals surface area contributed by atoms with E-state index in [0.717, 1.165) is 32.0 Å². The Morgan fingerprint density at radius 2 is 2.16 bits per heavy atom. The Balaban J connectivity index is 1.78. The minimum absolute atomic E-state index is 0.800. The zero-order valence-electron chi connectivity index (χ0n) is 11.4. The molecule has 1 aromatic heterocycles. The Morgan fingerprint density at radius 3 is 2.95 bits per heavy atom. The SMILES string of the molecule is C=CCCn1cc(CCNC2CC2)c2ccccc21. The van der Waals surface area contributed by atoms with E-state index in [-0.39, 0.29) is 0 Å². The molecule has 2 aromatic rings. The lowest BCUT2D eigenvalue weighted by atomic mass is 10.1. The minimum atomic E-state index is 0.800. The van der Waals surface area contributed by atoms with E-state index in [2.05, 4.69) is 46.9 Å². The predicted octanol–water partition coefficient (Wildman–Crippen LogP) is 3.51. The molecule has 0 bridgehead atoms. The summed E-state index contributed by atoms with van der Waals surface area (Å²) in [5.41, 5.74) is 2.82. The number of nitrogens with zero attached hydrogens (tertiary/aromatic N) is 1. The largest absolute Gasteiger partial charge is 0.347 e. The molecule has 19 heavy (non-hydrogen) atoms. The van der Waals surface area contributed by atoms with Gasteiger partial charge in [-0.2, -0.15) is 0 Å². The number of hydrogen-bond acceptors (Lipinski definition) is 1. The van der Waals surface area contributed by atoms with Crippen LogP contribution in [0.25, 0.3) is 10.9 Å². The zero-order valence-corrected chi connectivity index (χ0v) is 11.4. The molecule has 2 heteroatoms. The maximum absolute atomic E-state index is 3.82. The summed E-state index contributed by atoms with van der Waals surface area (Å²) < 4.78 is 2.36. The third-order valence-electron chi connectivity index (χ3n) is 3.85. The number of aromatic nitrogens is 1. The number of fused-ring (bicyclic) bond motifs is 1. The average Bonchev–Trinajstić information content (AvgIpc) is 3.19. The van der Waals surface area contributed by atoms with Gasteiger partial charge in [-0.25, -0.2) is 0 Å². The normalized spacial score (nSPS) is 14.9. The van der Waals surface area contributed by atoms with Gasteiger partial charge < -0.3 is 9.88 Å². The van der Waals surface area contributed by atoms with Gasteiger partial charge in [-0.15, -0.1) is 6.58 Å².